The van der Waals surface area contributed by atoms with E-state index in [-0.39, 0.29) is 5.02 Å². The molecule has 0 amide bonds. The maximum Gasteiger partial charge on any atom is 0.124 e. The Balaban J connectivity index is 2.40. The highest BCUT2D eigenvalue weighted by Gasteiger charge is 2.15. The zero-order chi connectivity index (χ0) is 14.7. The van der Waals surface area contributed by atoms with Gasteiger partial charge >= 0.3 is 0 Å². The Kier molecular flexibility index (Phi) is 4.79. The zero-order valence-electron chi connectivity index (χ0n) is 11.7. The third kappa shape index (κ3) is 3.02. The van der Waals surface area contributed by atoms with E-state index in [0.29, 0.717) is 5.56 Å². The van der Waals surface area contributed by atoms with Gasteiger partial charge in [-0.05, 0) is 41.7 Å². The molecule has 0 saturated heterocycles. The molecule has 20 heavy (non-hydrogen) atoms. The van der Waals surface area contributed by atoms with Gasteiger partial charge in [0.15, 0.2) is 0 Å². The van der Waals surface area contributed by atoms with Gasteiger partial charge in [0, 0.05) is 10.6 Å². The van der Waals surface area contributed by atoms with Gasteiger partial charge in [-0.2, -0.15) is 0 Å². The molecule has 2 rings (SSSR count). The molecule has 0 bridgehead atoms. The topological polar surface area (TPSA) is 20.2 Å². The van der Waals surface area contributed by atoms with Crippen molar-refractivity contribution < 1.29 is 9.50 Å². The van der Waals surface area contributed by atoms with Gasteiger partial charge < -0.3 is 5.11 Å². The van der Waals surface area contributed by atoms with E-state index in [1.54, 1.807) is 0 Å². The summed E-state index contributed by atoms with van der Waals surface area (Å²) in [7, 11) is 0. The maximum atomic E-state index is 13.1. The van der Waals surface area contributed by atoms with Crippen LogP contribution in [-0.4, -0.2) is 5.11 Å². The fraction of sp³-hybridized carbons (Fsp3) is 0.294. The highest BCUT2D eigenvalue weighted by atomic mass is 35.5. The molecular formula is C17H18ClFO. The van der Waals surface area contributed by atoms with Crippen molar-refractivity contribution in [2.45, 2.75) is 32.8 Å². The SMILES string of the molecule is CCc1ccc(C(O)c2ccc(F)cc2Cl)cc1CC. The lowest BCUT2D eigenvalue weighted by Gasteiger charge is -2.16. The molecule has 1 N–H and O–H groups in total. The second-order valence-corrected chi connectivity index (χ2v) is 5.21. The minimum Gasteiger partial charge on any atom is -0.384 e. The van der Waals surface area contributed by atoms with Crippen LogP contribution in [0.2, 0.25) is 5.02 Å². The van der Waals surface area contributed by atoms with Gasteiger partial charge in [0.2, 0.25) is 0 Å². The summed E-state index contributed by atoms with van der Waals surface area (Å²) in [5.41, 5.74) is 3.82. The van der Waals surface area contributed by atoms with Crippen LogP contribution in [0, 0.1) is 5.82 Å². The first kappa shape index (κ1) is 15.0. The summed E-state index contributed by atoms with van der Waals surface area (Å²) >= 11 is 6.01. The van der Waals surface area contributed by atoms with E-state index in [1.165, 1.54) is 29.3 Å². The van der Waals surface area contributed by atoms with Crippen LogP contribution in [-0.2, 0) is 12.8 Å². The Bertz CT molecular complexity index is 610. The van der Waals surface area contributed by atoms with E-state index in [1.807, 2.05) is 18.2 Å². The highest BCUT2D eigenvalue weighted by molar-refractivity contribution is 6.31. The lowest BCUT2D eigenvalue weighted by atomic mass is 9.95. The molecular weight excluding hydrogens is 275 g/mol. The number of aryl methyl sites for hydroxylation is 2. The van der Waals surface area contributed by atoms with E-state index >= 15 is 0 Å². The molecule has 0 heterocycles. The molecule has 0 radical (unpaired) electrons. The lowest BCUT2D eigenvalue weighted by Crippen LogP contribution is -2.03. The minimum absolute atomic E-state index is 0.245. The molecule has 0 spiro atoms. The van der Waals surface area contributed by atoms with Crippen molar-refractivity contribution in [1.82, 2.24) is 0 Å². The number of halogens is 2. The number of hydrogen-bond donors (Lipinski definition) is 1. The molecule has 0 aliphatic rings. The van der Waals surface area contributed by atoms with Crippen molar-refractivity contribution in [2.75, 3.05) is 0 Å². The van der Waals surface area contributed by atoms with Gasteiger partial charge in [-0.1, -0.05) is 49.7 Å². The predicted molar refractivity (Wildman–Crippen MR) is 80.7 cm³/mol. The van der Waals surface area contributed by atoms with E-state index in [4.69, 9.17) is 11.6 Å². The minimum atomic E-state index is -0.834. The normalized spacial score (nSPS) is 12.4. The van der Waals surface area contributed by atoms with E-state index < -0.39 is 11.9 Å². The average molecular weight is 293 g/mol. The Morgan fingerprint density at radius 3 is 2.35 bits per heavy atom. The molecule has 2 aromatic carbocycles. The molecule has 0 aliphatic carbocycles. The molecule has 1 unspecified atom stereocenters. The van der Waals surface area contributed by atoms with Crippen molar-refractivity contribution in [3.8, 4) is 0 Å². The van der Waals surface area contributed by atoms with Crippen molar-refractivity contribution in [1.29, 1.82) is 0 Å². The number of benzene rings is 2. The van der Waals surface area contributed by atoms with Crippen LogP contribution in [0.15, 0.2) is 36.4 Å². The Labute approximate surface area is 124 Å². The molecule has 0 aliphatic heterocycles. The van der Waals surface area contributed by atoms with Gasteiger partial charge in [0.25, 0.3) is 0 Å². The van der Waals surface area contributed by atoms with Gasteiger partial charge in [0.1, 0.15) is 11.9 Å². The van der Waals surface area contributed by atoms with Crippen LogP contribution in [0.5, 0.6) is 0 Å². The van der Waals surface area contributed by atoms with Crippen LogP contribution in [0.1, 0.15) is 42.2 Å². The Hall–Kier alpha value is -1.38. The predicted octanol–water partition coefficient (Wildman–Crippen LogP) is 4.69. The van der Waals surface area contributed by atoms with Crippen LogP contribution < -0.4 is 0 Å². The van der Waals surface area contributed by atoms with E-state index in [9.17, 15) is 9.50 Å². The summed E-state index contributed by atoms with van der Waals surface area (Å²) in [6, 6.07) is 10.0. The second-order valence-electron chi connectivity index (χ2n) is 4.80. The summed E-state index contributed by atoms with van der Waals surface area (Å²) in [5, 5.41) is 10.7. The molecule has 0 aromatic heterocycles. The smallest absolute Gasteiger partial charge is 0.124 e. The molecule has 2 aromatic rings. The number of rotatable bonds is 4. The fourth-order valence-corrected chi connectivity index (χ4v) is 2.66. The Morgan fingerprint density at radius 1 is 1.05 bits per heavy atom. The molecule has 3 heteroatoms. The van der Waals surface area contributed by atoms with E-state index in [0.717, 1.165) is 18.4 Å². The standard InChI is InChI=1S/C17H18ClFO/c1-3-11-5-6-13(9-12(11)4-2)17(20)15-8-7-14(19)10-16(15)18/h5-10,17,20H,3-4H2,1-2H3. The monoisotopic (exact) mass is 292 g/mol. The first-order valence-corrected chi connectivity index (χ1v) is 7.19. The molecule has 1 nitrogen and oxygen atoms in total. The summed E-state index contributed by atoms with van der Waals surface area (Å²) in [5.74, 6) is -0.401. The third-order valence-electron chi connectivity index (χ3n) is 3.56. The summed E-state index contributed by atoms with van der Waals surface area (Å²) in [4.78, 5) is 0. The van der Waals surface area contributed by atoms with Crippen LogP contribution in [0.25, 0.3) is 0 Å². The second kappa shape index (κ2) is 6.38. The number of aliphatic hydroxyl groups is 1. The molecule has 1 atom stereocenters. The largest absolute Gasteiger partial charge is 0.384 e. The fourth-order valence-electron chi connectivity index (χ4n) is 2.39. The number of aliphatic hydroxyl groups excluding tert-OH is 1. The van der Waals surface area contributed by atoms with Gasteiger partial charge in [-0.3, -0.25) is 0 Å². The van der Waals surface area contributed by atoms with Gasteiger partial charge in [-0.15, -0.1) is 0 Å². The third-order valence-corrected chi connectivity index (χ3v) is 3.89. The van der Waals surface area contributed by atoms with Crippen molar-refractivity contribution in [3.63, 3.8) is 0 Å². The Morgan fingerprint density at radius 2 is 1.75 bits per heavy atom. The summed E-state index contributed by atoms with van der Waals surface area (Å²) in [6.45, 7) is 4.21. The summed E-state index contributed by atoms with van der Waals surface area (Å²) in [6.07, 6.45) is 1.05. The molecule has 0 saturated carbocycles. The van der Waals surface area contributed by atoms with Gasteiger partial charge in [0.05, 0.1) is 0 Å². The van der Waals surface area contributed by atoms with Crippen LogP contribution in [0.4, 0.5) is 4.39 Å². The van der Waals surface area contributed by atoms with Crippen molar-refractivity contribution >= 4 is 11.6 Å². The molecule has 0 fully saturated rings. The van der Waals surface area contributed by atoms with Crippen LogP contribution >= 0.6 is 11.6 Å². The first-order valence-electron chi connectivity index (χ1n) is 6.81. The summed E-state index contributed by atoms with van der Waals surface area (Å²) < 4.78 is 13.1. The van der Waals surface area contributed by atoms with Crippen LogP contribution in [0.3, 0.4) is 0 Å². The maximum absolute atomic E-state index is 13.1. The zero-order valence-corrected chi connectivity index (χ0v) is 12.4. The van der Waals surface area contributed by atoms with E-state index in [2.05, 4.69) is 13.8 Å². The van der Waals surface area contributed by atoms with Gasteiger partial charge in [-0.25, -0.2) is 4.39 Å². The first-order chi connectivity index (χ1) is 9.56. The highest BCUT2D eigenvalue weighted by Crippen LogP contribution is 2.30. The average Bonchev–Trinajstić information content (AvgIpc) is 2.45. The number of hydrogen-bond acceptors (Lipinski definition) is 1. The molecule has 106 valence electrons. The lowest BCUT2D eigenvalue weighted by molar-refractivity contribution is 0.220. The van der Waals surface area contributed by atoms with Crippen molar-refractivity contribution in [3.05, 3.63) is 69.5 Å². The van der Waals surface area contributed by atoms with Crippen molar-refractivity contribution in [2.24, 2.45) is 0 Å². The quantitative estimate of drug-likeness (QED) is 0.867.